The Morgan fingerprint density at radius 2 is 1.96 bits per heavy atom. The number of rotatable bonds is 4. The Balaban J connectivity index is 1.65. The van der Waals surface area contributed by atoms with Gasteiger partial charge in [-0.15, -0.1) is 0 Å². The first-order chi connectivity index (χ1) is 11.0. The van der Waals surface area contributed by atoms with Gasteiger partial charge in [0.1, 0.15) is 0 Å². The minimum absolute atomic E-state index is 0.799. The largest absolute Gasteiger partial charge is 0.481 e. The van der Waals surface area contributed by atoms with E-state index in [1.807, 2.05) is 30.5 Å². The molecule has 1 saturated heterocycles. The van der Waals surface area contributed by atoms with Crippen molar-refractivity contribution in [3.8, 4) is 0 Å². The van der Waals surface area contributed by atoms with Crippen LogP contribution in [-0.2, 0) is 4.79 Å². The highest BCUT2D eigenvalue weighted by Gasteiger charge is 2.25. The van der Waals surface area contributed by atoms with Crippen molar-refractivity contribution in [3.05, 3.63) is 36.5 Å². The zero-order chi connectivity index (χ0) is 16.4. The summed E-state index contributed by atoms with van der Waals surface area (Å²) in [5, 5.41) is 14.4. The number of aliphatic carboxylic acids is 1. The number of anilines is 1. The van der Waals surface area contributed by atoms with E-state index in [2.05, 4.69) is 15.0 Å². The first-order valence-corrected chi connectivity index (χ1v) is 7.73. The van der Waals surface area contributed by atoms with Gasteiger partial charge in [0.2, 0.25) is 0 Å². The van der Waals surface area contributed by atoms with Crippen molar-refractivity contribution in [1.82, 2.24) is 10.1 Å². The second-order valence-corrected chi connectivity index (χ2v) is 6.37. The number of carboxylic acid groups (broad SMARTS) is 1. The van der Waals surface area contributed by atoms with Crippen LogP contribution in [0.5, 0.6) is 0 Å². The van der Waals surface area contributed by atoms with Crippen LogP contribution < -0.4 is 4.90 Å². The number of nitrogens with zero attached hydrogens (tertiary/aromatic N) is 3. The SMILES string of the molecule is CC(C)(/C=C\N1CCN(c2noc3ccccc23)CC1)C(=O)O. The molecule has 1 fully saturated rings. The smallest absolute Gasteiger partial charge is 0.312 e. The first-order valence-electron chi connectivity index (χ1n) is 7.73. The number of hydrogen-bond acceptors (Lipinski definition) is 5. The molecule has 0 aliphatic carbocycles. The quantitative estimate of drug-likeness (QED) is 0.935. The molecule has 1 aliphatic rings. The van der Waals surface area contributed by atoms with Crippen molar-refractivity contribution in [1.29, 1.82) is 0 Å². The molecule has 122 valence electrons. The summed E-state index contributed by atoms with van der Waals surface area (Å²) < 4.78 is 5.36. The number of fused-ring (bicyclic) bond motifs is 1. The average molecular weight is 315 g/mol. The van der Waals surface area contributed by atoms with Gasteiger partial charge < -0.3 is 19.4 Å². The van der Waals surface area contributed by atoms with E-state index in [4.69, 9.17) is 9.63 Å². The third-order valence-corrected chi connectivity index (χ3v) is 4.23. The molecule has 0 amide bonds. The molecule has 0 radical (unpaired) electrons. The minimum atomic E-state index is -0.848. The zero-order valence-corrected chi connectivity index (χ0v) is 13.4. The average Bonchev–Trinajstić information content (AvgIpc) is 2.97. The van der Waals surface area contributed by atoms with Crippen LogP contribution in [-0.4, -0.2) is 47.3 Å². The Bertz CT molecular complexity index is 728. The fourth-order valence-corrected chi connectivity index (χ4v) is 2.55. The van der Waals surface area contributed by atoms with E-state index < -0.39 is 11.4 Å². The summed E-state index contributed by atoms with van der Waals surface area (Å²) in [6.07, 6.45) is 3.64. The molecule has 3 rings (SSSR count). The molecule has 6 nitrogen and oxygen atoms in total. The van der Waals surface area contributed by atoms with Gasteiger partial charge in [0.25, 0.3) is 0 Å². The van der Waals surface area contributed by atoms with Crippen LogP contribution >= 0.6 is 0 Å². The molecule has 1 N–H and O–H groups in total. The van der Waals surface area contributed by atoms with E-state index >= 15 is 0 Å². The van der Waals surface area contributed by atoms with Gasteiger partial charge in [-0.1, -0.05) is 23.4 Å². The zero-order valence-electron chi connectivity index (χ0n) is 13.4. The van der Waals surface area contributed by atoms with Crippen molar-refractivity contribution < 1.29 is 14.4 Å². The number of hydrogen-bond donors (Lipinski definition) is 1. The molecule has 1 aliphatic heterocycles. The fourth-order valence-electron chi connectivity index (χ4n) is 2.55. The Kier molecular flexibility index (Phi) is 3.98. The first kappa shape index (κ1) is 15.4. The number of carboxylic acids is 1. The Morgan fingerprint density at radius 1 is 1.26 bits per heavy atom. The van der Waals surface area contributed by atoms with Crippen LogP contribution in [0.4, 0.5) is 5.82 Å². The lowest BCUT2D eigenvalue weighted by atomic mass is 9.94. The molecule has 1 aromatic carbocycles. The normalized spacial score (nSPS) is 16.4. The lowest BCUT2D eigenvalue weighted by molar-refractivity contribution is -0.144. The van der Waals surface area contributed by atoms with Gasteiger partial charge in [-0.05, 0) is 32.2 Å². The highest BCUT2D eigenvalue weighted by molar-refractivity contribution is 5.88. The van der Waals surface area contributed by atoms with Crippen LogP contribution in [0.2, 0.25) is 0 Å². The maximum absolute atomic E-state index is 11.1. The van der Waals surface area contributed by atoms with Crippen LogP contribution in [0, 0.1) is 5.41 Å². The van der Waals surface area contributed by atoms with Gasteiger partial charge in [0.05, 0.1) is 10.8 Å². The third-order valence-electron chi connectivity index (χ3n) is 4.23. The van der Waals surface area contributed by atoms with Crippen LogP contribution in [0.3, 0.4) is 0 Å². The molecule has 1 aromatic heterocycles. The van der Waals surface area contributed by atoms with Crippen molar-refractivity contribution in [2.24, 2.45) is 5.41 Å². The molecule has 0 atom stereocenters. The maximum atomic E-state index is 11.1. The third kappa shape index (κ3) is 3.16. The van der Waals surface area contributed by atoms with Crippen molar-refractivity contribution in [2.45, 2.75) is 13.8 Å². The van der Waals surface area contributed by atoms with Crippen LogP contribution in [0.25, 0.3) is 11.0 Å². The Morgan fingerprint density at radius 3 is 2.65 bits per heavy atom. The van der Waals surface area contributed by atoms with Gasteiger partial charge in [-0.3, -0.25) is 4.79 Å². The number of para-hydroxylation sites is 1. The van der Waals surface area contributed by atoms with E-state index in [9.17, 15) is 4.79 Å². The predicted molar refractivity (Wildman–Crippen MR) is 88.4 cm³/mol. The Hall–Kier alpha value is -2.50. The number of aromatic nitrogens is 1. The molecular weight excluding hydrogens is 294 g/mol. The summed E-state index contributed by atoms with van der Waals surface area (Å²) in [6, 6.07) is 7.85. The van der Waals surface area contributed by atoms with Crippen molar-refractivity contribution in [3.63, 3.8) is 0 Å². The predicted octanol–water partition coefficient (Wildman–Crippen LogP) is 2.57. The highest BCUT2D eigenvalue weighted by atomic mass is 16.5. The number of piperazine rings is 1. The molecule has 0 unspecified atom stereocenters. The summed E-state index contributed by atoms with van der Waals surface area (Å²) in [7, 11) is 0. The Labute approximate surface area is 135 Å². The van der Waals surface area contributed by atoms with Crippen LogP contribution in [0.15, 0.2) is 41.1 Å². The molecule has 0 spiro atoms. The summed E-state index contributed by atoms with van der Waals surface area (Å²) in [6.45, 7) is 6.71. The van der Waals surface area contributed by atoms with E-state index in [-0.39, 0.29) is 0 Å². The molecule has 0 saturated carbocycles. The van der Waals surface area contributed by atoms with Gasteiger partial charge in [-0.25, -0.2) is 0 Å². The lowest BCUT2D eigenvalue weighted by Gasteiger charge is -2.34. The summed E-state index contributed by atoms with van der Waals surface area (Å²) >= 11 is 0. The van der Waals surface area contributed by atoms with Gasteiger partial charge in [0, 0.05) is 26.2 Å². The van der Waals surface area contributed by atoms with Crippen molar-refractivity contribution in [2.75, 3.05) is 31.1 Å². The van der Waals surface area contributed by atoms with Gasteiger partial charge >= 0.3 is 5.97 Å². The maximum Gasteiger partial charge on any atom is 0.312 e. The number of carbonyl (C=O) groups is 1. The highest BCUT2D eigenvalue weighted by Crippen LogP contribution is 2.26. The van der Waals surface area contributed by atoms with Crippen molar-refractivity contribution >= 4 is 22.8 Å². The van der Waals surface area contributed by atoms with Gasteiger partial charge in [0.15, 0.2) is 11.4 Å². The fraction of sp³-hybridized carbons (Fsp3) is 0.412. The molecule has 2 aromatic rings. The minimum Gasteiger partial charge on any atom is -0.481 e. The second kappa shape index (κ2) is 5.95. The standard InChI is InChI=1S/C17H21N3O3/c1-17(2,16(21)22)7-8-19-9-11-20(12-10-19)15-13-5-3-4-6-14(13)23-18-15/h3-8H,9-12H2,1-2H3,(H,21,22)/b8-7-. The molecular formula is C17H21N3O3. The number of benzene rings is 1. The summed E-state index contributed by atoms with van der Waals surface area (Å²) in [5.74, 6) is 0.0662. The van der Waals surface area contributed by atoms with E-state index in [1.54, 1.807) is 19.9 Å². The summed E-state index contributed by atoms with van der Waals surface area (Å²) in [5.41, 5.74) is -0.0487. The summed E-state index contributed by atoms with van der Waals surface area (Å²) in [4.78, 5) is 15.5. The molecule has 0 bridgehead atoms. The second-order valence-electron chi connectivity index (χ2n) is 6.37. The molecule has 23 heavy (non-hydrogen) atoms. The van der Waals surface area contributed by atoms with Crippen LogP contribution in [0.1, 0.15) is 13.8 Å². The van der Waals surface area contributed by atoms with E-state index in [0.29, 0.717) is 0 Å². The molecule has 2 heterocycles. The monoisotopic (exact) mass is 315 g/mol. The van der Waals surface area contributed by atoms with Gasteiger partial charge in [-0.2, -0.15) is 0 Å². The van der Waals surface area contributed by atoms with E-state index in [0.717, 1.165) is 43.0 Å². The topological polar surface area (TPSA) is 69.8 Å². The molecule has 6 heteroatoms. The van der Waals surface area contributed by atoms with E-state index in [1.165, 1.54) is 0 Å². The lowest BCUT2D eigenvalue weighted by Crippen LogP contribution is -2.44.